The van der Waals surface area contributed by atoms with Gasteiger partial charge in [-0.15, -0.1) is 22.0 Å². The maximum Gasteiger partial charge on any atom is 0.408 e. The van der Waals surface area contributed by atoms with E-state index in [2.05, 4.69) is 20.8 Å². The number of carboxylic acids is 1. The highest BCUT2D eigenvalue weighted by atomic mass is 32.2. The van der Waals surface area contributed by atoms with Crippen molar-refractivity contribution in [2.45, 2.75) is 55.1 Å². The first kappa shape index (κ1) is 26.9. The quantitative estimate of drug-likeness (QED) is 0.409. The number of amides is 3. The summed E-state index contributed by atoms with van der Waals surface area (Å²) in [6.45, 7) is 5.40. The number of nitrogens with zero attached hydrogens (tertiary/aromatic N) is 3. The van der Waals surface area contributed by atoms with Crippen molar-refractivity contribution >= 4 is 58.7 Å². The molecule has 0 bridgehead atoms. The number of benzene rings is 1. The normalized spacial score (nSPS) is 19.1. The molecule has 0 aliphatic carbocycles. The Morgan fingerprint density at radius 2 is 1.95 bits per heavy atom. The number of carboxylic acid groups (broad SMARTS) is 1. The number of aliphatic carboxylic acids is 1. The van der Waals surface area contributed by atoms with Gasteiger partial charge in [-0.1, -0.05) is 53.4 Å². The van der Waals surface area contributed by atoms with Gasteiger partial charge in [-0.05, 0) is 26.3 Å². The van der Waals surface area contributed by atoms with Gasteiger partial charge in [0.15, 0.2) is 4.34 Å². The predicted molar refractivity (Wildman–Crippen MR) is 139 cm³/mol. The second-order valence-corrected chi connectivity index (χ2v) is 12.6. The Morgan fingerprint density at radius 3 is 2.62 bits per heavy atom. The second-order valence-electron chi connectivity index (χ2n) is 9.11. The van der Waals surface area contributed by atoms with Crippen LogP contribution in [0.1, 0.15) is 31.3 Å². The van der Waals surface area contributed by atoms with Crippen LogP contribution in [-0.2, 0) is 32.1 Å². The molecule has 0 radical (unpaired) electrons. The molecule has 0 saturated carbocycles. The Morgan fingerprint density at radius 1 is 1.22 bits per heavy atom. The fourth-order valence-electron chi connectivity index (χ4n) is 3.59. The molecular formula is C23H25N5O6S3. The molecule has 2 aliphatic heterocycles. The zero-order valence-electron chi connectivity index (χ0n) is 20.2. The molecule has 37 heavy (non-hydrogen) atoms. The number of carbonyl (C=O) groups is 4. The average Bonchev–Trinajstić information content (AvgIpc) is 3.27. The zero-order valence-corrected chi connectivity index (χ0v) is 22.7. The summed E-state index contributed by atoms with van der Waals surface area (Å²) < 4.78 is 5.67. The first-order valence-corrected chi connectivity index (χ1v) is 13.9. The largest absolute Gasteiger partial charge is 0.477 e. The van der Waals surface area contributed by atoms with Crippen molar-refractivity contribution in [1.29, 1.82) is 0 Å². The highest BCUT2D eigenvalue weighted by Gasteiger charge is 2.54. The molecule has 2 aromatic rings. The standard InChI is InChI=1S/C23H25N5O6S3/c1-23(2,3)34-21(33)24-10-15-26-27-22(37-15)36-13-11-35-19-16(18(30)28(19)17(13)20(31)32)25-14(29)9-12-7-5-4-6-8-12/h4-8,16,19H,9-11H2,1-3H3,(H,24,33)(H,25,29)(H,31,32)/t16-,19+/m1/s1. The maximum absolute atomic E-state index is 12.9. The maximum atomic E-state index is 12.9. The zero-order chi connectivity index (χ0) is 26.7. The Labute approximate surface area is 225 Å². The minimum atomic E-state index is -1.23. The van der Waals surface area contributed by atoms with Crippen LogP contribution >= 0.6 is 34.9 Å². The van der Waals surface area contributed by atoms with E-state index in [0.717, 1.165) is 17.3 Å². The lowest BCUT2D eigenvalue weighted by Crippen LogP contribution is -2.70. The minimum absolute atomic E-state index is 0.115. The van der Waals surface area contributed by atoms with Crippen LogP contribution in [-0.4, -0.2) is 66.9 Å². The summed E-state index contributed by atoms with van der Waals surface area (Å²) in [5.41, 5.74) is 0.0823. The Bertz CT molecular complexity index is 1240. The molecule has 14 heteroatoms. The lowest BCUT2D eigenvalue weighted by atomic mass is 10.0. The van der Waals surface area contributed by atoms with Crippen molar-refractivity contribution < 1.29 is 29.0 Å². The predicted octanol–water partition coefficient (Wildman–Crippen LogP) is 2.59. The topological polar surface area (TPSA) is 151 Å². The fourth-order valence-corrected chi connectivity index (χ4v) is 7.07. The molecule has 1 saturated heterocycles. The lowest BCUT2D eigenvalue weighted by molar-refractivity contribution is -0.150. The van der Waals surface area contributed by atoms with E-state index in [0.29, 0.717) is 20.0 Å². The van der Waals surface area contributed by atoms with Gasteiger partial charge in [0.1, 0.15) is 27.7 Å². The lowest BCUT2D eigenvalue weighted by Gasteiger charge is -2.49. The summed E-state index contributed by atoms with van der Waals surface area (Å²) in [4.78, 5) is 50.9. The van der Waals surface area contributed by atoms with Gasteiger partial charge in [-0.25, -0.2) is 9.59 Å². The van der Waals surface area contributed by atoms with Gasteiger partial charge in [0.05, 0.1) is 13.0 Å². The molecule has 0 unspecified atom stereocenters. The van der Waals surface area contributed by atoms with E-state index in [9.17, 15) is 24.3 Å². The molecule has 3 amide bonds. The molecule has 2 atom stereocenters. The number of thioether (sulfide) groups is 2. The van der Waals surface area contributed by atoms with E-state index in [1.54, 1.807) is 20.8 Å². The number of hydrogen-bond acceptors (Lipinski definition) is 10. The van der Waals surface area contributed by atoms with Gasteiger partial charge in [-0.3, -0.25) is 14.5 Å². The van der Waals surface area contributed by atoms with Crippen molar-refractivity contribution in [2.24, 2.45) is 0 Å². The number of nitrogens with one attached hydrogen (secondary N) is 2. The van der Waals surface area contributed by atoms with E-state index < -0.39 is 35.0 Å². The van der Waals surface area contributed by atoms with Crippen molar-refractivity contribution in [2.75, 3.05) is 5.75 Å². The van der Waals surface area contributed by atoms with Gasteiger partial charge in [0, 0.05) is 10.7 Å². The number of aromatic nitrogens is 2. The number of carbonyl (C=O) groups excluding carboxylic acids is 3. The smallest absolute Gasteiger partial charge is 0.408 e. The summed E-state index contributed by atoms with van der Waals surface area (Å²) in [6.07, 6.45) is -0.448. The van der Waals surface area contributed by atoms with Gasteiger partial charge >= 0.3 is 12.1 Å². The molecule has 2 aliphatic rings. The number of alkyl carbamates (subject to hydrolysis) is 1. The van der Waals surface area contributed by atoms with Gasteiger partial charge in [-0.2, -0.15) is 0 Å². The summed E-state index contributed by atoms with van der Waals surface area (Å²) in [5.74, 6) is -1.66. The Kier molecular flexibility index (Phi) is 8.09. The third kappa shape index (κ3) is 6.62. The summed E-state index contributed by atoms with van der Waals surface area (Å²) in [7, 11) is 0. The molecular weight excluding hydrogens is 538 g/mol. The molecule has 1 fully saturated rings. The molecule has 196 valence electrons. The number of fused-ring (bicyclic) bond motifs is 1. The SMILES string of the molecule is CC(C)(C)OC(=O)NCc1nnc(SC2=C(C(=O)O)N3C(=O)[C@@H](NC(=O)Cc4ccccc4)[C@@H]3SC2)s1. The first-order chi connectivity index (χ1) is 17.5. The van der Waals surface area contributed by atoms with E-state index in [1.165, 1.54) is 28.0 Å². The third-order valence-electron chi connectivity index (χ3n) is 5.10. The number of hydrogen-bond donors (Lipinski definition) is 3. The monoisotopic (exact) mass is 563 g/mol. The van der Waals surface area contributed by atoms with Crippen LogP contribution in [0, 0.1) is 0 Å². The van der Waals surface area contributed by atoms with Crippen molar-refractivity contribution in [3.63, 3.8) is 0 Å². The molecule has 1 aromatic heterocycles. The molecule has 0 spiro atoms. The molecule has 3 N–H and O–H groups in total. The van der Waals surface area contributed by atoms with Crippen LogP contribution in [0.5, 0.6) is 0 Å². The highest BCUT2D eigenvalue weighted by Crippen LogP contribution is 2.45. The molecule has 4 rings (SSSR count). The first-order valence-electron chi connectivity index (χ1n) is 11.2. The summed E-state index contributed by atoms with van der Waals surface area (Å²) >= 11 is 3.71. The van der Waals surface area contributed by atoms with E-state index in [4.69, 9.17) is 4.74 Å². The molecule has 1 aromatic carbocycles. The average molecular weight is 564 g/mol. The Balaban J connectivity index is 1.38. The van der Waals surface area contributed by atoms with Crippen molar-refractivity contribution in [1.82, 2.24) is 25.7 Å². The van der Waals surface area contributed by atoms with E-state index in [-0.39, 0.29) is 24.6 Å². The van der Waals surface area contributed by atoms with Crippen LogP contribution in [0.15, 0.2) is 45.3 Å². The number of β-lactam (4-membered cyclic amide) rings is 1. The molecule has 3 heterocycles. The van der Waals surface area contributed by atoms with Gasteiger partial charge < -0.3 is 20.5 Å². The minimum Gasteiger partial charge on any atom is -0.477 e. The highest BCUT2D eigenvalue weighted by molar-refractivity contribution is 8.07. The fraction of sp³-hybridized carbons (Fsp3) is 0.391. The molecule has 11 nitrogen and oxygen atoms in total. The Hall–Kier alpha value is -3.10. The van der Waals surface area contributed by atoms with Gasteiger partial charge in [0.25, 0.3) is 5.91 Å². The van der Waals surface area contributed by atoms with Crippen LogP contribution in [0.4, 0.5) is 4.79 Å². The van der Waals surface area contributed by atoms with Crippen LogP contribution in [0.2, 0.25) is 0 Å². The van der Waals surface area contributed by atoms with Crippen LogP contribution in [0.3, 0.4) is 0 Å². The van der Waals surface area contributed by atoms with E-state index in [1.807, 2.05) is 30.3 Å². The second kappa shape index (κ2) is 11.1. The van der Waals surface area contributed by atoms with Crippen LogP contribution in [0.25, 0.3) is 0 Å². The number of ether oxygens (including phenoxy) is 1. The third-order valence-corrected chi connectivity index (χ3v) is 8.62. The van der Waals surface area contributed by atoms with Gasteiger partial charge in [0.2, 0.25) is 5.91 Å². The van der Waals surface area contributed by atoms with Crippen molar-refractivity contribution in [3.8, 4) is 0 Å². The number of rotatable bonds is 8. The van der Waals surface area contributed by atoms with Crippen molar-refractivity contribution in [3.05, 3.63) is 51.5 Å². The van der Waals surface area contributed by atoms with E-state index >= 15 is 0 Å². The van der Waals surface area contributed by atoms with Crippen LogP contribution < -0.4 is 10.6 Å². The summed E-state index contributed by atoms with van der Waals surface area (Å²) in [6, 6.07) is 8.38. The summed E-state index contributed by atoms with van der Waals surface area (Å²) in [5, 5.41) is 23.4.